The van der Waals surface area contributed by atoms with Crippen LogP contribution in [0.4, 0.5) is 0 Å². The van der Waals surface area contributed by atoms with Crippen molar-refractivity contribution in [3.8, 4) is 5.75 Å². The average Bonchev–Trinajstić information content (AvgIpc) is 2.39. The Morgan fingerprint density at radius 2 is 2.17 bits per heavy atom. The predicted molar refractivity (Wildman–Crippen MR) is 79.9 cm³/mol. The van der Waals surface area contributed by atoms with Crippen LogP contribution in [0.1, 0.15) is 41.7 Å². The van der Waals surface area contributed by atoms with Gasteiger partial charge in [-0.1, -0.05) is 19.9 Å². The highest BCUT2D eigenvalue weighted by atomic mass is 32.2. The van der Waals surface area contributed by atoms with Gasteiger partial charge in [0.25, 0.3) is 0 Å². The summed E-state index contributed by atoms with van der Waals surface area (Å²) in [5.74, 6) is 2.73. The molecule has 1 aromatic rings. The lowest BCUT2D eigenvalue weighted by Gasteiger charge is -2.26. The third-order valence-corrected chi connectivity index (χ3v) is 4.78. The summed E-state index contributed by atoms with van der Waals surface area (Å²) < 4.78 is 5.51. The third kappa shape index (κ3) is 2.83. The Morgan fingerprint density at radius 1 is 1.39 bits per heavy atom. The smallest absolute Gasteiger partial charge is 0.122 e. The topological polar surface area (TPSA) is 21.3 Å². The summed E-state index contributed by atoms with van der Waals surface area (Å²) in [5, 5.41) is 4.07. The number of thioether (sulfide) groups is 1. The third-order valence-electron chi connectivity index (χ3n) is 3.51. The van der Waals surface area contributed by atoms with Crippen LogP contribution in [-0.4, -0.2) is 26.0 Å². The molecule has 1 fully saturated rings. The molecular formula is C15H23NOS. The van der Waals surface area contributed by atoms with Crippen LogP contribution in [0.25, 0.3) is 0 Å². The zero-order chi connectivity index (χ0) is 13.1. The van der Waals surface area contributed by atoms with E-state index < -0.39 is 0 Å². The quantitative estimate of drug-likeness (QED) is 0.903. The number of hydrogen-bond acceptors (Lipinski definition) is 3. The molecule has 100 valence electrons. The maximum Gasteiger partial charge on any atom is 0.122 e. The molecule has 0 aromatic heterocycles. The van der Waals surface area contributed by atoms with E-state index in [1.165, 1.54) is 22.4 Å². The summed E-state index contributed by atoms with van der Waals surface area (Å²) >= 11 is 2.06. The van der Waals surface area contributed by atoms with Crippen molar-refractivity contribution in [1.29, 1.82) is 0 Å². The van der Waals surface area contributed by atoms with Crippen LogP contribution in [0.2, 0.25) is 0 Å². The SMILES string of the molecule is COc1cc(C)c(C2CNCCS2)cc1C(C)C. The molecule has 1 aromatic carbocycles. The molecule has 1 heterocycles. The molecule has 0 aliphatic carbocycles. The molecule has 0 saturated carbocycles. The van der Waals surface area contributed by atoms with Crippen molar-refractivity contribution in [2.45, 2.75) is 31.9 Å². The Kier molecular flexibility index (Phi) is 4.57. The number of hydrogen-bond donors (Lipinski definition) is 1. The number of nitrogens with one attached hydrogen (secondary N) is 1. The fourth-order valence-corrected chi connectivity index (χ4v) is 3.67. The van der Waals surface area contributed by atoms with E-state index in [2.05, 4.69) is 50.0 Å². The molecule has 0 amide bonds. The fraction of sp³-hybridized carbons (Fsp3) is 0.600. The maximum absolute atomic E-state index is 5.51. The van der Waals surface area contributed by atoms with Crippen molar-refractivity contribution in [3.63, 3.8) is 0 Å². The lowest BCUT2D eigenvalue weighted by Crippen LogP contribution is -2.28. The molecule has 0 radical (unpaired) electrons. The molecule has 3 heteroatoms. The van der Waals surface area contributed by atoms with Gasteiger partial charge in [-0.05, 0) is 35.6 Å². The number of rotatable bonds is 3. The minimum Gasteiger partial charge on any atom is -0.496 e. The Hall–Kier alpha value is -0.670. The highest BCUT2D eigenvalue weighted by molar-refractivity contribution is 7.99. The minimum absolute atomic E-state index is 0.501. The van der Waals surface area contributed by atoms with Gasteiger partial charge in [0.1, 0.15) is 5.75 Å². The molecule has 2 rings (SSSR count). The van der Waals surface area contributed by atoms with Crippen molar-refractivity contribution >= 4 is 11.8 Å². The molecule has 2 nitrogen and oxygen atoms in total. The van der Waals surface area contributed by atoms with Crippen LogP contribution in [-0.2, 0) is 0 Å². The molecule has 1 aliphatic rings. The molecule has 1 N–H and O–H groups in total. The molecule has 18 heavy (non-hydrogen) atoms. The van der Waals surface area contributed by atoms with E-state index in [4.69, 9.17) is 4.74 Å². The summed E-state index contributed by atoms with van der Waals surface area (Å²) in [4.78, 5) is 0. The van der Waals surface area contributed by atoms with E-state index in [1.807, 2.05) is 0 Å². The van der Waals surface area contributed by atoms with Crippen LogP contribution in [0.5, 0.6) is 5.75 Å². The van der Waals surface area contributed by atoms with Gasteiger partial charge in [-0.15, -0.1) is 0 Å². The highest BCUT2D eigenvalue weighted by Gasteiger charge is 2.20. The van der Waals surface area contributed by atoms with Crippen molar-refractivity contribution in [1.82, 2.24) is 5.32 Å². The Bertz CT molecular complexity index is 411. The van der Waals surface area contributed by atoms with Crippen molar-refractivity contribution in [2.24, 2.45) is 0 Å². The minimum atomic E-state index is 0.501. The second-order valence-electron chi connectivity index (χ2n) is 5.17. The normalized spacial score (nSPS) is 20.2. The van der Waals surface area contributed by atoms with Crippen LogP contribution in [0.15, 0.2) is 12.1 Å². The molecule has 1 saturated heterocycles. The van der Waals surface area contributed by atoms with Gasteiger partial charge in [0.2, 0.25) is 0 Å². The van der Waals surface area contributed by atoms with E-state index >= 15 is 0 Å². The number of methoxy groups -OCH3 is 1. The van der Waals surface area contributed by atoms with Crippen LogP contribution >= 0.6 is 11.8 Å². The van der Waals surface area contributed by atoms with Gasteiger partial charge >= 0.3 is 0 Å². The standard InChI is InChI=1S/C15H23NOS/c1-10(2)12-8-13(11(3)7-14(12)17-4)15-9-16-5-6-18-15/h7-8,10,15-16H,5-6,9H2,1-4H3. The van der Waals surface area contributed by atoms with Crippen LogP contribution < -0.4 is 10.1 Å². The summed E-state index contributed by atoms with van der Waals surface area (Å²) in [6, 6.07) is 4.54. The lowest BCUT2D eigenvalue weighted by molar-refractivity contribution is 0.407. The second kappa shape index (κ2) is 5.98. The molecule has 0 bridgehead atoms. The fourth-order valence-electron chi connectivity index (χ4n) is 2.46. The Morgan fingerprint density at radius 3 is 2.72 bits per heavy atom. The number of ether oxygens (including phenoxy) is 1. The maximum atomic E-state index is 5.51. The van der Waals surface area contributed by atoms with E-state index in [-0.39, 0.29) is 0 Å². The van der Waals surface area contributed by atoms with Gasteiger partial charge < -0.3 is 10.1 Å². The Balaban J connectivity index is 2.37. The highest BCUT2D eigenvalue weighted by Crippen LogP contribution is 2.37. The first-order valence-corrected chi connectivity index (χ1v) is 7.69. The van der Waals surface area contributed by atoms with E-state index in [0.29, 0.717) is 11.2 Å². The van der Waals surface area contributed by atoms with E-state index in [0.717, 1.165) is 18.8 Å². The molecular weight excluding hydrogens is 242 g/mol. The van der Waals surface area contributed by atoms with Gasteiger partial charge in [0.15, 0.2) is 0 Å². The molecule has 1 aliphatic heterocycles. The van der Waals surface area contributed by atoms with Crippen molar-refractivity contribution in [3.05, 3.63) is 28.8 Å². The van der Waals surface area contributed by atoms with Crippen molar-refractivity contribution < 1.29 is 4.74 Å². The summed E-state index contributed by atoms with van der Waals surface area (Å²) in [6.07, 6.45) is 0. The number of benzene rings is 1. The van der Waals surface area contributed by atoms with Gasteiger partial charge in [-0.25, -0.2) is 0 Å². The first-order chi connectivity index (χ1) is 8.63. The molecule has 1 unspecified atom stereocenters. The second-order valence-corrected chi connectivity index (χ2v) is 6.48. The van der Waals surface area contributed by atoms with Gasteiger partial charge in [0.05, 0.1) is 7.11 Å². The monoisotopic (exact) mass is 265 g/mol. The van der Waals surface area contributed by atoms with Gasteiger partial charge in [-0.3, -0.25) is 0 Å². The Labute approximate surface area is 114 Å². The van der Waals surface area contributed by atoms with Crippen LogP contribution in [0, 0.1) is 6.92 Å². The predicted octanol–water partition coefficient (Wildman–Crippen LogP) is 3.50. The summed E-state index contributed by atoms with van der Waals surface area (Å²) in [6.45, 7) is 8.85. The largest absolute Gasteiger partial charge is 0.496 e. The van der Waals surface area contributed by atoms with Crippen LogP contribution in [0.3, 0.4) is 0 Å². The van der Waals surface area contributed by atoms with Gasteiger partial charge in [0, 0.05) is 24.1 Å². The summed E-state index contributed by atoms with van der Waals surface area (Å²) in [5.41, 5.74) is 4.14. The zero-order valence-corrected chi connectivity index (χ0v) is 12.6. The lowest BCUT2D eigenvalue weighted by atomic mass is 9.95. The van der Waals surface area contributed by atoms with E-state index in [9.17, 15) is 0 Å². The average molecular weight is 265 g/mol. The molecule has 1 atom stereocenters. The van der Waals surface area contributed by atoms with E-state index in [1.54, 1.807) is 7.11 Å². The molecule has 0 spiro atoms. The number of aryl methyl sites for hydroxylation is 1. The van der Waals surface area contributed by atoms with Crippen molar-refractivity contribution in [2.75, 3.05) is 26.0 Å². The van der Waals surface area contributed by atoms with Gasteiger partial charge in [-0.2, -0.15) is 11.8 Å². The zero-order valence-electron chi connectivity index (χ0n) is 11.7. The first-order valence-electron chi connectivity index (χ1n) is 6.64. The first kappa shape index (κ1) is 13.8. The summed E-state index contributed by atoms with van der Waals surface area (Å²) in [7, 11) is 1.76.